The lowest BCUT2D eigenvalue weighted by Gasteiger charge is -2.43. The summed E-state index contributed by atoms with van der Waals surface area (Å²) in [5.41, 5.74) is 1.80. The molecule has 3 heteroatoms. The number of hydrogen-bond donors (Lipinski definition) is 0. The van der Waals surface area contributed by atoms with Gasteiger partial charge >= 0.3 is 0 Å². The van der Waals surface area contributed by atoms with Crippen molar-refractivity contribution in [2.24, 2.45) is 5.92 Å². The highest BCUT2D eigenvalue weighted by molar-refractivity contribution is 6.77. The largest absolute Gasteiger partial charge is 0.402 e. The van der Waals surface area contributed by atoms with Crippen LogP contribution in [-0.4, -0.2) is 27.6 Å². The number of methoxy groups -OCH3 is 1. The van der Waals surface area contributed by atoms with E-state index < -0.39 is 8.32 Å². The quantitative estimate of drug-likeness (QED) is 0.0380. The molecule has 0 spiro atoms. The number of rotatable bonds is 34. The van der Waals surface area contributed by atoms with Crippen molar-refractivity contribution < 1.29 is 9.16 Å². The predicted octanol–water partition coefficient (Wildman–Crippen LogP) is 15.8. The van der Waals surface area contributed by atoms with E-state index in [-0.39, 0.29) is 6.10 Å². The fourth-order valence-electron chi connectivity index (χ4n) is 8.43. The van der Waals surface area contributed by atoms with Crippen molar-refractivity contribution in [1.82, 2.24) is 0 Å². The molecular weight excluding hydrogens is 601 g/mol. The van der Waals surface area contributed by atoms with Crippen molar-refractivity contribution in [2.45, 2.75) is 265 Å². The topological polar surface area (TPSA) is 18.5 Å². The zero-order valence-electron chi connectivity index (χ0n) is 34.9. The zero-order chi connectivity index (χ0) is 35.9. The third-order valence-corrected chi connectivity index (χ3v) is 17.5. The standard InChI is InChI=1S/C45H90O2Si/c1-11-13-14-15-16-17-18-19-20-21-22-23-24-25-26-27-28-29-30-31-32-33-34-38-44(39-36-35-37-43(9)45(12-2)46-10)47-48(40(3)4,41(5)6)42(7)8/h40-45H,11-33,35-37,39H2,1-10H3/t43-,44-,45+/m0/s1. The summed E-state index contributed by atoms with van der Waals surface area (Å²) in [6, 6.07) is 0. The minimum atomic E-state index is -1.94. The van der Waals surface area contributed by atoms with Gasteiger partial charge in [-0.2, -0.15) is 0 Å². The van der Waals surface area contributed by atoms with E-state index in [4.69, 9.17) is 9.16 Å². The van der Waals surface area contributed by atoms with Gasteiger partial charge in [-0.3, -0.25) is 0 Å². The van der Waals surface area contributed by atoms with E-state index in [1.807, 2.05) is 7.11 Å². The second-order valence-corrected chi connectivity index (χ2v) is 21.9. The average Bonchev–Trinajstić information content (AvgIpc) is 3.05. The Hall–Kier alpha value is -0.303. The van der Waals surface area contributed by atoms with Gasteiger partial charge in [0, 0.05) is 13.5 Å². The fraction of sp³-hybridized carbons (Fsp3) is 0.956. The van der Waals surface area contributed by atoms with Gasteiger partial charge in [0.2, 0.25) is 8.32 Å². The highest BCUT2D eigenvalue weighted by Crippen LogP contribution is 2.43. The molecule has 0 fully saturated rings. The highest BCUT2D eigenvalue weighted by Gasteiger charge is 2.46. The van der Waals surface area contributed by atoms with Crippen molar-refractivity contribution in [1.29, 1.82) is 0 Å². The maximum atomic E-state index is 7.21. The molecule has 0 saturated carbocycles. The number of hydrogen-bond acceptors (Lipinski definition) is 2. The average molecular weight is 691 g/mol. The summed E-state index contributed by atoms with van der Waals surface area (Å²) in [6.45, 7) is 21.3. The van der Waals surface area contributed by atoms with Crippen LogP contribution in [0.25, 0.3) is 0 Å². The second-order valence-electron chi connectivity index (χ2n) is 16.5. The lowest BCUT2D eigenvalue weighted by molar-refractivity contribution is 0.0513. The van der Waals surface area contributed by atoms with Crippen LogP contribution in [0.1, 0.15) is 236 Å². The van der Waals surface area contributed by atoms with E-state index in [1.54, 1.807) is 0 Å². The summed E-state index contributed by atoms with van der Waals surface area (Å²) in [4.78, 5) is 0. The van der Waals surface area contributed by atoms with Gasteiger partial charge in [-0.15, -0.1) is 5.92 Å². The van der Waals surface area contributed by atoms with Gasteiger partial charge in [0.1, 0.15) is 6.10 Å². The molecule has 0 aliphatic carbocycles. The molecule has 0 aromatic carbocycles. The van der Waals surface area contributed by atoms with Crippen LogP contribution in [0.3, 0.4) is 0 Å². The molecule has 0 rings (SSSR count). The highest BCUT2D eigenvalue weighted by atomic mass is 28.4. The molecular formula is C45H90O2Si. The second kappa shape index (κ2) is 32.6. The van der Waals surface area contributed by atoms with Gasteiger partial charge in [-0.05, 0) is 54.6 Å². The Labute approximate surface area is 306 Å². The van der Waals surface area contributed by atoms with E-state index in [2.05, 4.69) is 74.2 Å². The minimum absolute atomic E-state index is 0.0958. The van der Waals surface area contributed by atoms with E-state index in [0.29, 0.717) is 28.6 Å². The van der Waals surface area contributed by atoms with E-state index in [9.17, 15) is 0 Å². The van der Waals surface area contributed by atoms with Gasteiger partial charge in [0.05, 0.1) is 6.10 Å². The van der Waals surface area contributed by atoms with Crippen LogP contribution < -0.4 is 0 Å². The molecule has 0 aromatic heterocycles. The maximum absolute atomic E-state index is 7.21. The van der Waals surface area contributed by atoms with Crippen LogP contribution in [0.2, 0.25) is 16.6 Å². The Morgan fingerprint density at radius 1 is 0.479 bits per heavy atom. The smallest absolute Gasteiger partial charge is 0.202 e. The van der Waals surface area contributed by atoms with Crippen LogP contribution in [0.5, 0.6) is 0 Å². The van der Waals surface area contributed by atoms with E-state index >= 15 is 0 Å². The molecule has 0 amide bonds. The Morgan fingerprint density at radius 2 is 0.854 bits per heavy atom. The zero-order valence-corrected chi connectivity index (χ0v) is 35.9. The van der Waals surface area contributed by atoms with E-state index in [1.165, 1.54) is 154 Å². The fourth-order valence-corrected chi connectivity index (χ4v) is 13.9. The Kier molecular flexibility index (Phi) is 32.4. The first-order valence-corrected chi connectivity index (χ1v) is 24.0. The first kappa shape index (κ1) is 47.7. The third-order valence-electron chi connectivity index (χ3n) is 11.4. The summed E-state index contributed by atoms with van der Waals surface area (Å²) in [7, 11) is -0.0828. The van der Waals surface area contributed by atoms with Crippen molar-refractivity contribution in [3.05, 3.63) is 0 Å². The maximum Gasteiger partial charge on any atom is 0.202 e. The van der Waals surface area contributed by atoms with Crippen molar-refractivity contribution in [3.63, 3.8) is 0 Å². The summed E-state index contributed by atoms with van der Waals surface area (Å²) < 4.78 is 12.9. The normalized spacial score (nSPS) is 14.1. The Bertz CT molecular complexity index is 709. The van der Waals surface area contributed by atoms with Crippen LogP contribution in [0.4, 0.5) is 0 Å². The van der Waals surface area contributed by atoms with Crippen molar-refractivity contribution in [2.75, 3.05) is 7.11 Å². The van der Waals surface area contributed by atoms with Gasteiger partial charge in [0.25, 0.3) is 0 Å². The Balaban J connectivity index is 4.23. The van der Waals surface area contributed by atoms with E-state index in [0.717, 1.165) is 19.3 Å². The van der Waals surface area contributed by atoms with Crippen LogP contribution >= 0.6 is 0 Å². The van der Waals surface area contributed by atoms with Gasteiger partial charge in [-0.25, -0.2) is 0 Å². The molecule has 0 bridgehead atoms. The summed E-state index contributed by atoms with van der Waals surface area (Å²) in [6.07, 6.45) is 37.4. The molecule has 0 heterocycles. The molecule has 2 nitrogen and oxygen atoms in total. The summed E-state index contributed by atoms with van der Waals surface area (Å²) in [5.74, 6) is 7.89. The molecule has 0 aliphatic heterocycles. The molecule has 0 aliphatic rings. The number of unbranched alkanes of at least 4 members (excludes halogenated alkanes) is 22. The van der Waals surface area contributed by atoms with Gasteiger partial charge < -0.3 is 9.16 Å². The number of ether oxygens (including phenoxy) is 1. The van der Waals surface area contributed by atoms with Crippen LogP contribution in [0.15, 0.2) is 0 Å². The first-order chi connectivity index (χ1) is 23.2. The van der Waals surface area contributed by atoms with Gasteiger partial charge in [0.15, 0.2) is 0 Å². The molecule has 0 aromatic rings. The first-order valence-electron chi connectivity index (χ1n) is 21.9. The molecule has 48 heavy (non-hydrogen) atoms. The van der Waals surface area contributed by atoms with Crippen molar-refractivity contribution >= 4 is 8.32 Å². The lowest BCUT2D eigenvalue weighted by Crippen LogP contribution is -2.50. The van der Waals surface area contributed by atoms with Gasteiger partial charge in [-0.1, -0.05) is 203 Å². The Morgan fingerprint density at radius 3 is 1.21 bits per heavy atom. The van der Waals surface area contributed by atoms with Crippen LogP contribution in [-0.2, 0) is 9.16 Å². The minimum Gasteiger partial charge on any atom is -0.402 e. The molecule has 0 unspecified atom stereocenters. The lowest BCUT2D eigenvalue weighted by atomic mass is 9.95. The molecule has 0 saturated heterocycles. The van der Waals surface area contributed by atoms with Crippen molar-refractivity contribution in [3.8, 4) is 11.8 Å². The SMILES string of the molecule is CCCCCCCCCCCCCCCCCCCCCCCC#C[C@@H](CCCC[C@H](C)[C@@H](CC)OC)O[Si](C(C)C)(C(C)C)C(C)C. The monoisotopic (exact) mass is 691 g/mol. The van der Waals surface area contributed by atoms with Crippen LogP contribution in [0, 0.1) is 17.8 Å². The molecule has 286 valence electrons. The summed E-state index contributed by atoms with van der Waals surface area (Å²) in [5, 5.41) is 0. The predicted molar refractivity (Wildman–Crippen MR) is 220 cm³/mol. The summed E-state index contributed by atoms with van der Waals surface area (Å²) >= 11 is 0. The molecule has 0 N–H and O–H groups in total. The molecule has 0 radical (unpaired) electrons. The molecule has 3 atom stereocenters. The third kappa shape index (κ3) is 23.2.